The van der Waals surface area contributed by atoms with Gasteiger partial charge in [-0.05, 0) is 37.1 Å². The Kier molecular flexibility index (Phi) is 4.20. The van der Waals surface area contributed by atoms with E-state index in [1.54, 1.807) is 17.4 Å². The smallest absolute Gasteiger partial charge is 0.292 e. The van der Waals surface area contributed by atoms with Crippen LogP contribution in [-0.2, 0) is 6.42 Å². The van der Waals surface area contributed by atoms with Gasteiger partial charge in [-0.2, -0.15) is 0 Å². The first-order valence-corrected chi connectivity index (χ1v) is 11.5. The Hall–Kier alpha value is -4.20. The van der Waals surface area contributed by atoms with Gasteiger partial charge in [0.1, 0.15) is 23.1 Å². The standard InChI is InChI=1S/C26H21N5O3/c32-26(24-21(15-8-9-15)30-25(34-24)18-6-3-4-11-27-18)31-12-10-17-22(29-14-28-17)23(31)20-13-16-5-1-2-7-19(16)33-20/h1-7,11,13-15,23H,8-10,12H2,(H,28,29)/t23-/m1/s1. The second kappa shape index (κ2) is 7.41. The van der Waals surface area contributed by atoms with Crippen LogP contribution in [0.3, 0.4) is 0 Å². The van der Waals surface area contributed by atoms with Crippen molar-refractivity contribution in [3.8, 4) is 11.6 Å². The monoisotopic (exact) mass is 451 g/mol. The van der Waals surface area contributed by atoms with Crippen molar-refractivity contribution in [3.05, 3.63) is 89.7 Å². The maximum atomic E-state index is 14.0. The van der Waals surface area contributed by atoms with Crippen LogP contribution in [0.4, 0.5) is 0 Å². The fraction of sp³-hybridized carbons (Fsp3) is 0.231. The number of para-hydroxylation sites is 1. The molecule has 1 N–H and O–H groups in total. The number of amides is 1. The van der Waals surface area contributed by atoms with E-state index in [0.717, 1.165) is 40.9 Å². The molecule has 2 aliphatic rings. The number of benzene rings is 1. The molecular weight excluding hydrogens is 430 g/mol. The average molecular weight is 451 g/mol. The van der Waals surface area contributed by atoms with Gasteiger partial charge in [0.2, 0.25) is 11.7 Å². The summed E-state index contributed by atoms with van der Waals surface area (Å²) in [7, 11) is 0. The third-order valence-electron chi connectivity index (χ3n) is 6.60. The van der Waals surface area contributed by atoms with E-state index in [2.05, 4.69) is 15.0 Å². The van der Waals surface area contributed by atoms with Crippen molar-refractivity contribution in [2.24, 2.45) is 0 Å². The fourth-order valence-electron chi connectivity index (χ4n) is 4.77. The molecule has 7 rings (SSSR count). The van der Waals surface area contributed by atoms with E-state index in [0.29, 0.717) is 36.1 Å². The highest BCUT2D eigenvalue weighted by atomic mass is 16.4. The zero-order chi connectivity index (χ0) is 22.6. The molecule has 0 unspecified atom stereocenters. The minimum absolute atomic E-state index is 0.198. The Morgan fingerprint density at radius 2 is 1.91 bits per heavy atom. The predicted octanol–water partition coefficient (Wildman–Crippen LogP) is 4.87. The van der Waals surface area contributed by atoms with Crippen LogP contribution >= 0.6 is 0 Å². The molecule has 0 spiro atoms. The number of hydrogen-bond donors (Lipinski definition) is 1. The number of carbonyl (C=O) groups is 1. The first-order chi connectivity index (χ1) is 16.8. The molecule has 1 amide bonds. The molecule has 1 aliphatic carbocycles. The van der Waals surface area contributed by atoms with E-state index < -0.39 is 6.04 Å². The zero-order valence-corrected chi connectivity index (χ0v) is 18.3. The largest absolute Gasteiger partial charge is 0.458 e. The van der Waals surface area contributed by atoms with Crippen LogP contribution in [0.15, 0.2) is 69.9 Å². The van der Waals surface area contributed by atoms with Gasteiger partial charge in [0, 0.05) is 36.2 Å². The lowest BCUT2D eigenvalue weighted by Crippen LogP contribution is -2.40. The first-order valence-electron chi connectivity index (χ1n) is 11.5. The molecular formula is C26H21N5O3. The predicted molar refractivity (Wildman–Crippen MR) is 123 cm³/mol. The molecule has 34 heavy (non-hydrogen) atoms. The summed E-state index contributed by atoms with van der Waals surface area (Å²) in [4.78, 5) is 32.7. The highest BCUT2D eigenvalue weighted by Gasteiger charge is 2.41. The molecule has 1 aromatic carbocycles. The van der Waals surface area contributed by atoms with Gasteiger partial charge < -0.3 is 18.7 Å². The third kappa shape index (κ3) is 3.06. The van der Waals surface area contributed by atoms with Crippen molar-refractivity contribution < 1.29 is 13.6 Å². The Labute approximate surface area is 194 Å². The van der Waals surface area contributed by atoms with Crippen molar-refractivity contribution >= 4 is 16.9 Å². The number of oxazole rings is 1. The number of imidazole rings is 1. The van der Waals surface area contributed by atoms with Gasteiger partial charge >= 0.3 is 0 Å². The van der Waals surface area contributed by atoms with Crippen molar-refractivity contribution in [1.29, 1.82) is 0 Å². The number of furan rings is 1. The summed E-state index contributed by atoms with van der Waals surface area (Å²) < 4.78 is 12.3. The maximum Gasteiger partial charge on any atom is 0.292 e. The second-order valence-electron chi connectivity index (χ2n) is 8.83. The maximum absolute atomic E-state index is 14.0. The SMILES string of the molecule is O=C(c1oc(-c2ccccn2)nc1C1CC1)N1CCc2[nH]cnc2[C@H]1c1cc2ccccc2o1. The summed E-state index contributed by atoms with van der Waals surface area (Å²) in [6, 6.07) is 14.9. The van der Waals surface area contributed by atoms with Crippen LogP contribution in [0.1, 0.15) is 58.2 Å². The lowest BCUT2D eigenvalue weighted by molar-refractivity contribution is 0.0639. The van der Waals surface area contributed by atoms with Gasteiger partial charge in [0.05, 0.1) is 17.7 Å². The Bertz CT molecular complexity index is 1480. The van der Waals surface area contributed by atoms with Gasteiger partial charge in [0.25, 0.3) is 5.91 Å². The molecule has 0 saturated heterocycles. The number of hydrogen-bond acceptors (Lipinski definition) is 6. The number of pyridine rings is 1. The molecule has 0 radical (unpaired) electrons. The Balaban J connectivity index is 1.33. The third-order valence-corrected chi connectivity index (χ3v) is 6.60. The minimum atomic E-state index is -0.453. The summed E-state index contributed by atoms with van der Waals surface area (Å²) in [5.41, 5.74) is 3.94. The number of nitrogens with zero attached hydrogens (tertiary/aromatic N) is 4. The summed E-state index contributed by atoms with van der Waals surface area (Å²) >= 11 is 0. The second-order valence-corrected chi connectivity index (χ2v) is 8.83. The molecule has 0 bridgehead atoms. The number of fused-ring (bicyclic) bond motifs is 2. The lowest BCUT2D eigenvalue weighted by atomic mass is 9.99. The van der Waals surface area contributed by atoms with Crippen molar-refractivity contribution in [1.82, 2.24) is 24.8 Å². The summed E-state index contributed by atoms with van der Waals surface area (Å²) in [5, 5.41) is 0.989. The molecule has 1 fully saturated rings. The average Bonchev–Trinajstić information content (AvgIpc) is 3.28. The topological polar surface area (TPSA) is 101 Å². The highest BCUT2D eigenvalue weighted by molar-refractivity contribution is 5.94. The number of H-pyrrole nitrogens is 1. The van der Waals surface area contributed by atoms with Gasteiger partial charge in [-0.3, -0.25) is 9.78 Å². The number of aromatic nitrogens is 4. The van der Waals surface area contributed by atoms with Crippen LogP contribution < -0.4 is 0 Å². The number of aromatic amines is 1. The Morgan fingerprint density at radius 1 is 1.03 bits per heavy atom. The number of nitrogens with one attached hydrogen (secondary N) is 1. The van der Waals surface area contributed by atoms with Crippen LogP contribution in [0.2, 0.25) is 0 Å². The van der Waals surface area contributed by atoms with Crippen molar-refractivity contribution in [2.45, 2.75) is 31.2 Å². The molecule has 1 atom stereocenters. The van der Waals surface area contributed by atoms with Crippen LogP contribution in [0.25, 0.3) is 22.6 Å². The molecule has 1 aliphatic heterocycles. The Morgan fingerprint density at radius 3 is 2.74 bits per heavy atom. The summed E-state index contributed by atoms with van der Waals surface area (Å²) in [5.74, 6) is 1.40. The van der Waals surface area contributed by atoms with Gasteiger partial charge in [-0.1, -0.05) is 24.3 Å². The van der Waals surface area contributed by atoms with Gasteiger partial charge in [-0.15, -0.1) is 0 Å². The number of rotatable bonds is 4. The van der Waals surface area contributed by atoms with Gasteiger partial charge in [0.15, 0.2) is 0 Å². The highest BCUT2D eigenvalue weighted by Crippen LogP contribution is 2.44. The van der Waals surface area contributed by atoms with Crippen molar-refractivity contribution in [3.63, 3.8) is 0 Å². The van der Waals surface area contributed by atoms with Crippen LogP contribution in [0, 0.1) is 0 Å². The van der Waals surface area contributed by atoms with E-state index in [1.807, 2.05) is 48.5 Å². The van der Waals surface area contributed by atoms with Crippen LogP contribution in [0.5, 0.6) is 0 Å². The number of carbonyl (C=O) groups excluding carboxylic acids is 1. The molecule has 8 heteroatoms. The summed E-state index contributed by atoms with van der Waals surface area (Å²) in [6.45, 7) is 0.513. The quantitative estimate of drug-likeness (QED) is 0.418. The molecule has 1 saturated carbocycles. The first kappa shape index (κ1) is 19.3. The molecule has 5 heterocycles. The minimum Gasteiger partial charge on any atom is -0.458 e. The van der Waals surface area contributed by atoms with E-state index >= 15 is 0 Å². The summed E-state index contributed by atoms with van der Waals surface area (Å²) in [6.07, 6.45) is 6.06. The fourth-order valence-corrected chi connectivity index (χ4v) is 4.77. The zero-order valence-electron chi connectivity index (χ0n) is 18.3. The van der Waals surface area contributed by atoms with Gasteiger partial charge in [-0.25, -0.2) is 9.97 Å². The normalized spacial score (nSPS) is 17.8. The molecule has 4 aromatic heterocycles. The molecule has 8 nitrogen and oxygen atoms in total. The van der Waals surface area contributed by atoms with E-state index in [1.165, 1.54) is 0 Å². The van der Waals surface area contributed by atoms with Crippen molar-refractivity contribution in [2.75, 3.05) is 6.54 Å². The lowest BCUT2D eigenvalue weighted by Gasteiger charge is -2.33. The van der Waals surface area contributed by atoms with E-state index in [-0.39, 0.29) is 11.8 Å². The van der Waals surface area contributed by atoms with E-state index in [4.69, 9.17) is 13.8 Å². The van der Waals surface area contributed by atoms with E-state index in [9.17, 15) is 4.79 Å². The van der Waals surface area contributed by atoms with Crippen LogP contribution in [-0.4, -0.2) is 37.3 Å². The molecule has 5 aromatic rings. The molecule has 168 valence electrons.